The Bertz CT molecular complexity index is 282. The lowest BCUT2D eigenvalue weighted by atomic mass is 10.3. The SMILES string of the molecule is [CH2-]/[O+]=C(\OC)N(C)c1ccccc1. The number of ether oxygens (including phenoxy) is 1. The number of methoxy groups -OCH3 is 1. The van der Waals surface area contributed by atoms with Crippen molar-refractivity contribution < 1.29 is 9.16 Å². The van der Waals surface area contributed by atoms with Crippen molar-refractivity contribution in [2.75, 3.05) is 19.1 Å². The molecule has 0 aliphatic carbocycles. The minimum atomic E-state index is 0.367. The van der Waals surface area contributed by atoms with Gasteiger partial charge >= 0.3 is 6.09 Å². The molecule has 1 aromatic rings. The van der Waals surface area contributed by atoms with Gasteiger partial charge in [-0.1, -0.05) is 18.2 Å². The van der Waals surface area contributed by atoms with Crippen LogP contribution in [0.4, 0.5) is 10.1 Å². The normalized spacial score (nSPS) is 11.1. The van der Waals surface area contributed by atoms with Crippen LogP contribution in [0.25, 0.3) is 0 Å². The fraction of sp³-hybridized carbons (Fsp3) is 0.200. The van der Waals surface area contributed by atoms with Crippen molar-refractivity contribution in [2.24, 2.45) is 0 Å². The molecular formula is C10H13NO2. The number of rotatable bonds is 1. The summed E-state index contributed by atoms with van der Waals surface area (Å²) in [6, 6.07) is 9.76. The quantitative estimate of drug-likeness (QED) is 0.479. The molecule has 70 valence electrons. The van der Waals surface area contributed by atoms with E-state index in [-0.39, 0.29) is 0 Å². The molecule has 0 heterocycles. The lowest BCUT2D eigenvalue weighted by Gasteiger charge is -2.16. The highest BCUT2D eigenvalue weighted by Crippen LogP contribution is 2.12. The first-order valence-corrected chi connectivity index (χ1v) is 3.91. The number of para-hydroxylation sites is 1. The Morgan fingerprint density at radius 2 is 2.00 bits per heavy atom. The fourth-order valence-electron chi connectivity index (χ4n) is 1.05. The van der Waals surface area contributed by atoms with Crippen molar-refractivity contribution in [3.05, 3.63) is 37.4 Å². The average molecular weight is 179 g/mol. The van der Waals surface area contributed by atoms with Crippen LogP contribution in [0.3, 0.4) is 0 Å². The van der Waals surface area contributed by atoms with Crippen LogP contribution >= 0.6 is 0 Å². The molecule has 0 atom stereocenters. The van der Waals surface area contributed by atoms with Crippen molar-refractivity contribution in [1.82, 2.24) is 0 Å². The predicted octanol–water partition coefficient (Wildman–Crippen LogP) is 2.22. The van der Waals surface area contributed by atoms with Gasteiger partial charge in [0.05, 0.1) is 0 Å². The summed E-state index contributed by atoms with van der Waals surface area (Å²) in [6.07, 6.45) is 0.367. The van der Waals surface area contributed by atoms with Gasteiger partial charge in [0.15, 0.2) is 7.11 Å². The first-order valence-electron chi connectivity index (χ1n) is 3.91. The topological polar surface area (TPSA) is 23.8 Å². The summed E-state index contributed by atoms with van der Waals surface area (Å²) in [5.74, 6) is 0. The summed E-state index contributed by atoms with van der Waals surface area (Å²) in [4.78, 5) is 1.77. The van der Waals surface area contributed by atoms with E-state index >= 15 is 0 Å². The third kappa shape index (κ3) is 2.15. The van der Waals surface area contributed by atoms with Crippen LogP contribution in [0.2, 0.25) is 0 Å². The Labute approximate surface area is 78.2 Å². The molecule has 0 aliphatic heterocycles. The van der Waals surface area contributed by atoms with E-state index < -0.39 is 0 Å². The first kappa shape index (κ1) is 9.45. The number of anilines is 1. The zero-order valence-corrected chi connectivity index (χ0v) is 7.86. The van der Waals surface area contributed by atoms with Gasteiger partial charge in [-0.25, -0.2) is 0 Å². The molecule has 0 aliphatic rings. The molecule has 3 heteroatoms. The third-order valence-corrected chi connectivity index (χ3v) is 1.72. The van der Waals surface area contributed by atoms with Crippen molar-refractivity contribution in [2.45, 2.75) is 0 Å². The summed E-state index contributed by atoms with van der Waals surface area (Å²) in [7, 11) is 6.69. The lowest BCUT2D eigenvalue weighted by Crippen LogP contribution is -2.26. The van der Waals surface area contributed by atoms with E-state index in [1.54, 1.807) is 12.0 Å². The van der Waals surface area contributed by atoms with E-state index in [0.717, 1.165) is 5.69 Å². The first-order chi connectivity index (χ1) is 6.29. The lowest BCUT2D eigenvalue weighted by molar-refractivity contribution is -0.0618. The molecule has 0 bridgehead atoms. The summed E-state index contributed by atoms with van der Waals surface area (Å²) < 4.78 is 9.76. The minimum Gasteiger partial charge on any atom is -0.452 e. The molecule has 0 unspecified atom stereocenters. The maximum Gasteiger partial charge on any atom is 0.456 e. The third-order valence-electron chi connectivity index (χ3n) is 1.72. The van der Waals surface area contributed by atoms with Crippen molar-refractivity contribution in [1.29, 1.82) is 0 Å². The Morgan fingerprint density at radius 1 is 1.38 bits per heavy atom. The number of hydrogen-bond donors (Lipinski definition) is 0. The maximum atomic E-state index is 4.97. The zero-order valence-electron chi connectivity index (χ0n) is 7.86. The molecule has 0 aromatic heterocycles. The van der Waals surface area contributed by atoms with Crippen LogP contribution in [-0.4, -0.2) is 20.3 Å². The molecule has 0 radical (unpaired) electrons. The monoisotopic (exact) mass is 179 g/mol. The molecule has 3 nitrogen and oxygen atoms in total. The molecule has 0 N–H and O–H groups in total. The number of carbonyl (C=O) groups excluding carboxylic acids is 1. The molecular weight excluding hydrogens is 166 g/mol. The summed E-state index contributed by atoms with van der Waals surface area (Å²) >= 11 is 0. The largest absolute Gasteiger partial charge is 0.456 e. The second-order valence-electron chi connectivity index (χ2n) is 2.51. The molecule has 0 spiro atoms. The fourth-order valence-corrected chi connectivity index (χ4v) is 1.05. The van der Waals surface area contributed by atoms with Crippen molar-refractivity contribution >= 4 is 11.8 Å². The minimum absolute atomic E-state index is 0.367. The highest BCUT2D eigenvalue weighted by Gasteiger charge is 2.10. The molecule has 1 amide bonds. The van der Waals surface area contributed by atoms with Gasteiger partial charge in [0.2, 0.25) is 0 Å². The van der Waals surface area contributed by atoms with E-state index in [9.17, 15) is 0 Å². The Morgan fingerprint density at radius 3 is 2.46 bits per heavy atom. The van der Waals surface area contributed by atoms with Gasteiger partial charge in [-0.3, -0.25) is 0 Å². The summed E-state index contributed by atoms with van der Waals surface area (Å²) in [6.45, 7) is 0. The van der Waals surface area contributed by atoms with E-state index in [1.807, 2.05) is 37.4 Å². The van der Waals surface area contributed by atoms with Crippen LogP contribution in [-0.2, 0) is 4.74 Å². The van der Waals surface area contributed by atoms with Gasteiger partial charge in [0, 0.05) is 19.8 Å². The van der Waals surface area contributed by atoms with Crippen molar-refractivity contribution in [3.63, 3.8) is 0 Å². The Kier molecular flexibility index (Phi) is 3.20. The molecule has 13 heavy (non-hydrogen) atoms. The summed E-state index contributed by atoms with van der Waals surface area (Å²) in [5, 5.41) is 0. The Hall–Kier alpha value is -1.64. The van der Waals surface area contributed by atoms with Gasteiger partial charge in [-0.2, -0.15) is 0 Å². The molecule has 1 aromatic carbocycles. The number of amides is 1. The van der Waals surface area contributed by atoms with Gasteiger partial charge in [-0.05, 0) is 12.1 Å². The van der Waals surface area contributed by atoms with Crippen LogP contribution in [0, 0.1) is 7.11 Å². The average Bonchev–Trinajstić information content (AvgIpc) is 2.21. The van der Waals surface area contributed by atoms with Crippen LogP contribution in [0.5, 0.6) is 0 Å². The van der Waals surface area contributed by atoms with Crippen LogP contribution in [0.15, 0.2) is 30.3 Å². The van der Waals surface area contributed by atoms with E-state index in [0.29, 0.717) is 6.09 Å². The van der Waals surface area contributed by atoms with E-state index in [4.69, 9.17) is 9.16 Å². The van der Waals surface area contributed by atoms with E-state index in [2.05, 4.69) is 7.11 Å². The number of hydrogen-bond acceptors (Lipinski definition) is 1. The number of nitrogens with zero attached hydrogens (tertiary/aromatic N) is 1. The molecule has 0 saturated heterocycles. The highest BCUT2D eigenvalue weighted by atomic mass is 16.6. The number of benzene rings is 1. The van der Waals surface area contributed by atoms with Crippen LogP contribution < -0.4 is 4.90 Å². The van der Waals surface area contributed by atoms with Gasteiger partial charge in [-0.15, -0.1) is 0 Å². The molecule has 1 rings (SSSR count). The Balaban J connectivity index is 2.85. The highest BCUT2D eigenvalue weighted by molar-refractivity contribution is 5.87. The standard InChI is InChI=1S/C10H13NO2/c1-11(10(12-2)13-3)9-7-5-4-6-8-9/h4-8H,2H2,1,3H3. The van der Waals surface area contributed by atoms with E-state index in [1.165, 1.54) is 0 Å². The van der Waals surface area contributed by atoms with Crippen molar-refractivity contribution in [3.8, 4) is 0 Å². The zero-order chi connectivity index (χ0) is 9.68. The maximum absolute atomic E-state index is 4.97. The molecule has 0 saturated carbocycles. The van der Waals surface area contributed by atoms with Gasteiger partial charge in [0.1, 0.15) is 0 Å². The van der Waals surface area contributed by atoms with Gasteiger partial charge < -0.3 is 14.1 Å². The van der Waals surface area contributed by atoms with Crippen LogP contribution in [0.1, 0.15) is 0 Å². The second kappa shape index (κ2) is 4.40. The second-order valence-corrected chi connectivity index (χ2v) is 2.51. The molecule has 0 fully saturated rings. The predicted molar refractivity (Wildman–Crippen MR) is 52.6 cm³/mol. The summed E-state index contributed by atoms with van der Waals surface area (Å²) in [5.41, 5.74) is 0.989. The van der Waals surface area contributed by atoms with Gasteiger partial charge in [0.25, 0.3) is 0 Å². The smallest absolute Gasteiger partial charge is 0.452 e.